The average molecular weight is 630 g/mol. The van der Waals surface area contributed by atoms with Crippen LogP contribution < -0.4 is 10.6 Å². The van der Waals surface area contributed by atoms with Gasteiger partial charge in [0.2, 0.25) is 16.9 Å². The van der Waals surface area contributed by atoms with Crippen molar-refractivity contribution >= 4 is 34.3 Å². The van der Waals surface area contributed by atoms with E-state index in [1.54, 1.807) is 0 Å². The van der Waals surface area contributed by atoms with Crippen molar-refractivity contribution in [1.29, 1.82) is 0 Å². The first-order chi connectivity index (χ1) is 20.9. The lowest BCUT2D eigenvalue weighted by atomic mass is 9.85. The van der Waals surface area contributed by atoms with E-state index in [4.69, 9.17) is 0 Å². The third-order valence-corrected chi connectivity index (χ3v) is 8.43. The van der Waals surface area contributed by atoms with E-state index in [1.165, 1.54) is 23.5 Å². The Morgan fingerprint density at radius 1 is 1.05 bits per heavy atom. The summed E-state index contributed by atoms with van der Waals surface area (Å²) < 4.78 is 38.5. The van der Waals surface area contributed by atoms with E-state index >= 15 is 0 Å². The molecule has 2 N–H and O–H groups in total. The van der Waals surface area contributed by atoms with Crippen LogP contribution in [-0.2, 0) is 31.1 Å². The van der Waals surface area contributed by atoms with E-state index < -0.39 is 41.5 Å². The van der Waals surface area contributed by atoms with E-state index in [-0.39, 0.29) is 13.0 Å². The van der Waals surface area contributed by atoms with Gasteiger partial charge in [0.05, 0.1) is 0 Å². The van der Waals surface area contributed by atoms with Crippen LogP contribution in [0.1, 0.15) is 55.7 Å². The Kier molecular flexibility index (Phi) is 10.9. The molecule has 0 radical (unpaired) electrons. The highest BCUT2D eigenvalue weighted by molar-refractivity contribution is 7.15. The van der Waals surface area contributed by atoms with Crippen LogP contribution in [0.2, 0.25) is 0 Å². The van der Waals surface area contributed by atoms with Gasteiger partial charge in [0.15, 0.2) is 0 Å². The number of aryl methyl sites for hydroxylation is 1. The molecule has 1 fully saturated rings. The number of rotatable bonds is 11. The first-order valence-corrected chi connectivity index (χ1v) is 15.0. The molecule has 2 aromatic carbocycles. The van der Waals surface area contributed by atoms with E-state index in [0.717, 1.165) is 21.2 Å². The quantitative estimate of drug-likeness (QED) is 0.275. The van der Waals surface area contributed by atoms with Crippen molar-refractivity contribution in [3.8, 4) is 0 Å². The largest absolute Gasteiger partial charge is 0.492 e. The van der Waals surface area contributed by atoms with Crippen molar-refractivity contribution in [3.63, 3.8) is 0 Å². The maximum Gasteiger partial charge on any atom is 0.492 e. The van der Waals surface area contributed by atoms with Crippen molar-refractivity contribution in [2.75, 3.05) is 11.9 Å². The molecule has 2 amide bonds. The molecule has 3 aromatic rings. The summed E-state index contributed by atoms with van der Waals surface area (Å²) in [5, 5.41) is 15.7. The number of halogens is 3. The number of carbonyl (C=O) groups is 3. The maximum atomic E-state index is 13.2. The number of carbonyl (C=O) groups excluding carboxylic acids is 3. The third kappa shape index (κ3) is 8.96. The third-order valence-electron chi connectivity index (χ3n) is 7.27. The molecule has 1 saturated heterocycles. The summed E-state index contributed by atoms with van der Waals surface area (Å²) in [5.74, 6) is -3.45. The highest BCUT2D eigenvalue weighted by Gasteiger charge is 2.44. The smallest absolute Gasteiger partial charge is 0.360 e. The molecule has 13 heteroatoms. The monoisotopic (exact) mass is 629 g/mol. The number of hydrogen-bond acceptors (Lipinski definition) is 8. The molecule has 9 nitrogen and oxygen atoms in total. The molecule has 4 rings (SSSR count). The fraction of sp³-hybridized carbons (Fsp3) is 0.387. The Balaban J connectivity index is 1.43. The summed E-state index contributed by atoms with van der Waals surface area (Å²) in [6.45, 7) is 4.04. The second kappa shape index (κ2) is 14.6. The van der Waals surface area contributed by atoms with Crippen LogP contribution in [0.3, 0.4) is 0 Å². The summed E-state index contributed by atoms with van der Waals surface area (Å²) in [6.07, 6.45) is -0.143. The van der Waals surface area contributed by atoms with Gasteiger partial charge in [-0.25, -0.2) is 4.79 Å². The molecule has 2 heterocycles. The number of anilines is 1. The molecular formula is C31H34F3N5O4S. The normalized spacial score (nSPS) is 16.8. The van der Waals surface area contributed by atoms with Gasteiger partial charge < -0.3 is 10.2 Å². The molecule has 1 aliphatic heterocycles. The van der Waals surface area contributed by atoms with Crippen LogP contribution in [0.25, 0.3) is 0 Å². The highest BCUT2D eigenvalue weighted by atomic mass is 32.1. The van der Waals surface area contributed by atoms with Gasteiger partial charge in [0.25, 0.3) is 0 Å². The summed E-state index contributed by atoms with van der Waals surface area (Å²) in [6, 6.07) is 17.6. The highest BCUT2D eigenvalue weighted by Crippen LogP contribution is 2.34. The molecule has 234 valence electrons. The van der Waals surface area contributed by atoms with E-state index in [9.17, 15) is 27.6 Å². The van der Waals surface area contributed by atoms with E-state index in [0.29, 0.717) is 30.8 Å². The Morgan fingerprint density at radius 3 is 2.41 bits per heavy atom. The Hall–Kier alpha value is -4.10. The number of hydrogen-bond donors (Lipinski definition) is 2. The number of piperidine rings is 1. The minimum absolute atomic E-state index is 0.00223. The van der Waals surface area contributed by atoms with Gasteiger partial charge in [-0.3, -0.25) is 14.9 Å². The molecule has 0 unspecified atom stereocenters. The molecule has 0 bridgehead atoms. The van der Waals surface area contributed by atoms with Gasteiger partial charge in [-0.2, -0.15) is 13.2 Å². The van der Waals surface area contributed by atoms with E-state index in [2.05, 4.69) is 25.7 Å². The number of nitrogens with zero attached hydrogens (tertiary/aromatic N) is 3. The molecule has 2 atom stereocenters. The Labute approximate surface area is 257 Å². The zero-order chi connectivity index (χ0) is 31.7. The van der Waals surface area contributed by atoms with Crippen LogP contribution in [0.5, 0.6) is 0 Å². The first kappa shape index (κ1) is 32.8. The lowest BCUT2D eigenvalue weighted by Crippen LogP contribution is -2.53. The number of nitrogens with one attached hydrogen (secondary N) is 2. The zero-order valence-electron chi connectivity index (χ0n) is 24.3. The van der Waals surface area contributed by atoms with Crippen LogP contribution in [0, 0.1) is 0 Å². The minimum Gasteiger partial charge on any atom is -0.360 e. The summed E-state index contributed by atoms with van der Waals surface area (Å²) in [5.41, 5.74) is 1.63. The van der Waals surface area contributed by atoms with Crippen LogP contribution in [0.15, 0.2) is 72.8 Å². The fourth-order valence-corrected chi connectivity index (χ4v) is 5.62. The van der Waals surface area contributed by atoms with Crippen molar-refractivity contribution in [2.24, 2.45) is 0 Å². The Bertz CT molecular complexity index is 1450. The Morgan fingerprint density at radius 2 is 1.73 bits per heavy atom. The predicted molar refractivity (Wildman–Crippen MR) is 159 cm³/mol. The van der Waals surface area contributed by atoms with Crippen LogP contribution in [0.4, 0.5) is 18.3 Å². The van der Waals surface area contributed by atoms with Crippen molar-refractivity contribution in [1.82, 2.24) is 20.6 Å². The molecule has 0 spiro atoms. The molecule has 0 saturated carbocycles. The molecule has 1 aliphatic rings. The van der Waals surface area contributed by atoms with Gasteiger partial charge in [-0.05, 0) is 57.1 Å². The number of hydroxylamine groups is 2. The van der Waals surface area contributed by atoms with Crippen LogP contribution in [-0.4, -0.2) is 57.8 Å². The second-order valence-corrected chi connectivity index (χ2v) is 11.9. The number of alkyl halides is 3. The topological polar surface area (TPSA) is 114 Å². The van der Waals surface area contributed by atoms with Gasteiger partial charge in [0.1, 0.15) is 11.0 Å². The van der Waals surface area contributed by atoms with Gasteiger partial charge in [-0.1, -0.05) is 78.1 Å². The number of benzene rings is 2. The molecule has 1 aromatic heterocycles. The van der Waals surface area contributed by atoms with Crippen molar-refractivity contribution in [3.05, 3.63) is 89.0 Å². The SMILES string of the molecule is CC(C)(c1ccccc1)c1nnc(NC(=O)/C=C/[C@H](CCc2ccccc2)NC(=O)[C@@H]2CCCCN2OC(=O)C(F)(F)F)s1. The van der Waals surface area contributed by atoms with Crippen molar-refractivity contribution < 1.29 is 32.4 Å². The molecule has 44 heavy (non-hydrogen) atoms. The maximum absolute atomic E-state index is 13.2. The summed E-state index contributed by atoms with van der Waals surface area (Å²) in [4.78, 5) is 42.1. The number of amides is 2. The summed E-state index contributed by atoms with van der Waals surface area (Å²) >= 11 is 1.26. The average Bonchev–Trinajstić information content (AvgIpc) is 3.48. The van der Waals surface area contributed by atoms with Gasteiger partial charge in [-0.15, -0.1) is 15.3 Å². The zero-order valence-corrected chi connectivity index (χ0v) is 25.2. The summed E-state index contributed by atoms with van der Waals surface area (Å²) in [7, 11) is 0. The standard InChI is InChI=1S/C31H34F3N5O4S/c1-30(2,22-13-7-4-8-14-22)27-37-38-29(44-27)36-25(40)19-18-23(17-16-21-11-5-3-6-12-21)35-26(41)24-15-9-10-20-39(24)43-28(42)31(32,33)34/h3-8,11-14,18-19,23-24H,9-10,15-17,20H2,1-2H3,(H,35,41)(H,36,38,40)/b19-18+/t23-,24-/m0/s1. The minimum atomic E-state index is -5.18. The van der Waals surface area contributed by atoms with Crippen molar-refractivity contribution in [2.45, 2.75) is 69.6 Å². The fourth-order valence-electron chi connectivity index (χ4n) is 4.75. The van der Waals surface area contributed by atoms with Gasteiger partial charge >= 0.3 is 12.1 Å². The number of aromatic nitrogens is 2. The van der Waals surface area contributed by atoms with E-state index in [1.807, 2.05) is 74.5 Å². The van der Waals surface area contributed by atoms with Crippen LogP contribution >= 0.6 is 11.3 Å². The second-order valence-electron chi connectivity index (χ2n) is 10.9. The van der Waals surface area contributed by atoms with Gasteiger partial charge in [0, 0.05) is 24.1 Å². The first-order valence-electron chi connectivity index (χ1n) is 14.2. The lowest BCUT2D eigenvalue weighted by Gasteiger charge is -2.33. The molecule has 0 aliphatic carbocycles. The molecular weight excluding hydrogens is 595 g/mol. The predicted octanol–water partition coefficient (Wildman–Crippen LogP) is 5.35. The lowest BCUT2D eigenvalue weighted by molar-refractivity contribution is -0.248.